The van der Waals surface area contributed by atoms with E-state index in [0.717, 1.165) is 29.0 Å². The molecule has 1 fully saturated rings. The van der Waals surface area contributed by atoms with Gasteiger partial charge in [0, 0.05) is 36.1 Å². The van der Waals surface area contributed by atoms with Crippen molar-refractivity contribution in [3.8, 4) is 5.75 Å². The summed E-state index contributed by atoms with van der Waals surface area (Å²) in [4.78, 5) is 0. The van der Waals surface area contributed by atoms with Crippen LogP contribution in [-0.4, -0.2) is 12.0 Å². The number of hydrogen-bond acceptors (Lipinski definition) is 2. The van der Waals surface area contributed by atoms with E-state index in [2.05, 4.69) is 0 Å². The lowest BCUT2D eigenvalue weighted by atomic mass is 9.86. The highest BCUT2D eigenvalue weighted by atomic mass is 19.3. The van der Waals surface area contributed by atoms with Gasteiger partial charge in [0.25, 0.3) is 0 Å². The lowest BCUT2D eigenvalue weighted by molar-refractivity contribution is -0.0410. The van der Waals surface area contributed by atoms with Crippen LogP contribution >= 0.6 is 0 Å². The molecule has 1 aromatic carbocycles. The van der Waals surface area contributed by atoms with Crippen LogP contribution in [-0.2, 0) is 6.42 Å². The second kappa shape index (κ2) is 5.32. The van der Waals surface area contributed by atoms with Crippen LogP contribution in [0.3, 0.4) is 0 Å². The highest BCUT2D eigenvalue weighted by Crippen LogP contribution is 2.38. The third-order valence-corrected chi connectivity index (χ3v) is 4.35. The molecule has 1 aliphatic heterocycles. The predicted octanol–water partition coefficient (Wildman–Crippen LogP) is 4.43. The second-order valence-electron chi connectivity index (χ2n) is 6.28. The number of halogens is 2. The van der Waals surface area contributed by atoms with Gasteiger partial charge in [0.2, 0.25) is 5.92 Å². The Morgan fingerprint density at radius 3 is 2.71 bits per heavy atom. The van der Waals surface area contributed by atoms with E-state index in [9.17, 15) is 8.78 Å². The first-order valence-corrected chi connectivity index (χ1v) is 7.58. The Kier molecular flexibility index (Phi) is 3.64. The summed E-state index contributed by atoms with van der Waals surface area (Å²) in [5.74, 6) is -1.35. The molecule has 1 atom stereocenters. The largest absolute Gasteiger partial charge is 0.489 e. The molecular weight excluding hydrogens is 272 g/mol. The number of alkyl halides is 2. The van der Waals surface area contributed by atoms with Crippen molar-refractivity contribution in [3.63, 3.8) is 0 Å². The number of ether oxygens (including phenoxy) is 1. The van der Waals surface area contributed by atoms with E-state index in [-0.39, 0.29) is 24.9 Å². The fraction of sp³-hybridized carbons (Fsp3) is 0.529. The first-order chi connectivity index (χ1) is 9.93. The minimum Gasteiger partial charge on any atom is -0.489 e. The molecule has 2 N–H and O–H groups in total. The molecule has 1 aliphatic carbocycles. The molecule has 0 aromatic heterocycles. The first-order valence-electron chi connectivity index (χ1n) is 7.58. The molecule has 114 valence electrons. The molecule has 2 aliphatic rings. The van der Waals surface area contributed by atoms with Gasteiger partial charge in [0.15, 0.2) is 0 Å². The summed E-state index contributed by atoms with van der Waals surface area (Å²) < 4.78 is 32.2. The maximum absolute atomic E-state index is 13.2. The Morgan fingerprint density at radius 2 is 2.00 bits per heavy atom. The van der Waals surface area contributed by atoms with Crippen LogP contribution in [0.15, 0.2) is 18.2 Å². The maximum atomic E-state index is 13.2. The molecule has 4 heteroatoms. The quantitative estimate of drug-likeness (QED) is 0.819. The topological polar surface area (TPSA) is 35.2 Å². The first kappa shape index (κ1) is 14.4. The van der Waals surface area contributed by atoms with Crippen molar-refractivity contribution < 1.29 is 13.5 Å². The van der Waals surface area contributed by atoms with Gasteiger partial charge in [-0.05, 0) is 37.8 Å². The van der Waals surface area contributed by atoms with Crippen LogP contribution in [0, 0.1) is 5.92 Å². The monoisotopic (exact) mass is 293 g/mol. The van der Waals surface area contributed by atoms with Crippen LogP contribution in [0.4, 0.5) is 14.5 Å². The molecule has 1 heterocycles. The highest BCUT2D eigenvalue weighted by Gasteiger charge is 2.34. The summed E-state index contributed by atoms with van der Waals surface area (Å²) in [6.07, 6.45) is 6.14. The Bertz CT molecular complexity index is 558. The van der Waals surface area contributed by atoms with E-state index in [0.29, 0.717) is 12.8 Å². The standard InChI is InChI=1S/C17H21F2NO/c1-11-8-14-10-15(20)9-13(16(14)21-11)3-2-12-4-6-17(18,19)7-5-12/h2-3,9-12H,4-8,20H2,1H3/b3-2+/t11-/m1/s1. The zero-order valence-corrected chi connectivity index (χ0v) is 12.2. The number of anilines is 1. The van der Waals surface area contributed by atoms with Crippen molar-refractivity contribution in [3.05, 3.63) is 29.3 Å². The maximum Gasteiger partial charge on any atom is 0.248 e. The molecule has 1 saturated carbocycles. The van der Waals surface area contributed by atoms with Crippen LogP contribution in [0.5, 0.6) is 5.75 Å². The number of nitrogens with two attached hydrogens (primary N) is 1. The van der Waals surface area contributed by atoms with Crippen LogP contribution in [0.25, 0.3) is 6.08 Å². The van der Waals surface area contributed by atoms with Crippen molar-refractivity contribution in [2.75, 3.05) is 5.73 Å². The van der Waals surface area contributed by atoms with Gasteiger partial charge in [0.1, 0.15) is 11.9 Å². The van der Waals surface area contributed by atoms with E-state index < -0.39 is 5.92 Å². The molecule has 0 saturated heterocycles. The molecule has 0 bridgehead atoms. The van der Waals surface area contributed by atoms with Gasteiger partial charge in [-0.25, -0.2) is 8.78 Å². The van der Waals surface area contributed by atoms with Gasteiger partial charge in [-0.15, -0.1) is 0 Å². The van der Waals surface area contributed by atoms with Crippen LogP contribution in [0.1, 0.15) is 43.7 Å². The Morgan fingerprint density at radius 1 is 1.29 bits per heavy atom. The highest BCUT2D eigenvalue weighted by molar-refractivity contribution is 5.66. The van der Waals surface area contributed by atoms with Gasteiger partial charge in [0.05, 0.1) is 0 Å². The molecule has 21 heavy (non-hydrogen) atoms. The minimum atomic E-state index is -2.47. The van der Waals surface area contributed by atoms with Crippen molar-refractivity contribution >= 4 is 11.8 Å². The molecule has 2 nitrogen and oxygen atoms in total. The Balaban J connectivity index is 1.75. The molecular formula is C17H21F2NO. The number of nitrogen functional groups attached to an aromatic ring is 1. The van der Waals surface area contributed by atoms with Crippen molar-refractivity contribution in [1.82, 2.24) is 0 Å². The minimum absolute atomic E-state index is 0.00935. The van der Waals surface area contributed by atoms with E-state index >= 15 is 0 Å². The number of fused-ring (bicyclic) bond motifs is 1. The Hall–Kier alpha value is -1.58. The number of hydrogen-bond donors (Lipinski definition) is 1. The van der Waals surface area contributed by atoms with Gasteiger partial charge in [-0.2, -0.15) is 0 Å². The van der Waals surface area contributed by atoms with Crippen LogP contribution < -0.4 is 10.5 Å². The normalized spacial score (nSPS) is 25.0. The van der Waals surface area contributed by atoms with E-state index in [1.807, 2.05) is 31.2 Å². The third-order valence-electron chi connectivity index (χ3n) is 4.35. The molecule has 1 aromatic rings. The van der Waals surface area contributed by atoms with Gasteiger partial charge < -0.3 is 10.5 Å². The van der Waals surface area contributed by atoms with Crippen molar-refractivity contribution in [2.24, 2.45) is 5.92 Å². The smallest absolute Gasteiger partial charge is 0.248 e. The number of rotatable bonds is 2. The summed E-state index contributed by atoms with van der Waals surface area (Å²) in [5.41, 5.74) is 8.76. The average molecular weight is 293 g/mol. The summed E-state index contributed by atoms with van der Waals surface area (Å²) in [6, 6.07) is 3.85. The van der Waals surface area contributed by atoms with Gasteiger partial charge in [-0.1, -0.05) is 12.2 Å². The summed E-state index contributed by atoms with van der Waals surface area (Å²) >= 11 is 0. The second-order valence-corrected chi connectivity index (χ2v) is 6.28. The lowest BCUT2D eigenvalue weighted by Crippen LogP contribution is -2.23. The summed E-state index contributed by atoms with van der Waals surface area (Å²) in [5, 5.41) is 0. The summed E-state index contributed by atoms with van der Waals surface area (Å²) in [7, 11) is 0. The fourth-order valence-corrected chi connectivity index (χ4v) is 3.21. The molecule has 0 unspecified atom stereocenters. The molecule has 0 radical (unpaired) electrons. The number of allylic oxidation sites excluding steroid dienone is 1. The third kappa shape index (κ3) is 3.20. The van der Waals surface area contributed by atoms with E-state index in [1.54, 1.807) is 0 Å². The van der Waals surface area contributed by atoms with Crippen molar-refractivity contribution in [1.29, 1.82) is 0 Å². The van der Waals surface area contributed by atoms with E-state index in [1.165, 1.54) is 0 Å². The predicted molar refractivity (Wildman–Crippen MR) is 80.6 cm³/mol. The number of benzene rings is 1. The molecule has 0 spiro atoms. The van der Waals surface area contributed by atoms with E-state index in [4.69, 9.17) is 10.5 Å². The zero-order valence-electron chi connectivity index (χ0n) is 12.2. The summed E-state index contributed by atoms with van der Waals surface area (Å²) in [6.45, 7) is 2.03. The Labute approximate surface area is 124 Å². The van der Waals surface area contributed by atoms with Gasteiger partial charge in [-0.3, -0.25) is 0 Å². The van der Waals surface area contributed by atoms with Crippen LogP contribution in [0.2, 0.25) is 0 Å². The van der Waals surface area contributed by atoms with Gasteiger partial charge >= 0.3 is 0 Å². The average Bonchev–Trinajstić information content (AvgIpc) is 2.77. The lowest BCUT2D eigenvalue weighted by Gasteiger charge is -2.26. The van der Waals surface area contributed by atoms with Crippen molar-refractivity contribution in [2.45, 2.75) is 51.1 Å². The fourth-order valence-electron chi connectivity index (χ4n) is 3.21. The molecule has 3 rings (SSSR count). The SMILES string of the molecule is C[C@@H]1Cc2cc(N)cc(/C=C/C3CCC(F)(F)CC3)c2O1. The molecule has 0 amide bonds. The zero-order chi connectivity index (χ0) is 15.0.